The number of hydrazone groups is 1. The molecule has 1 aromatic heterocycles. The van der Waals surface area contributed by atoms with Crippen molar-refractivity contribution in [3.05, 3.63) is 50.7 Å². The van der Waals surface area contributed by atoms with Gasteiger partial charge in [-0.3, -0.25) is 4.79 Å². The van der Waals surface area contributed by atoms with Crippen LogP contribution >= 0.6 is 22.9 Å². The molecule has 98 valence electrons. The number of phenolic OH excluding ortho intramolecular Hbond substituents is 1. The van der Waals surface area contributed by atoms with Crippen molar-refractivity contribution in [2.24, 2.45) is 5.10 Å². The highest BCUT2D eigenvalue weighted by Crippen LogP contribution is 2.27. The topological polar surface area (TPSA) is 61.7 Å². The van der Waals surface area contributed by atoms with E-state index < -0.39 is 0 Å². The first-order valence-corrected chi connectivity index (χ1v) is 6.69. The number of carbonyl (C=O) groups excluding carboxylic acids is 1. The standard InChI is InChI=1S/C13H11ClN2O2S/c1-8-5-9(12(17)10(14)6-8)7-15-16-13(18)11-3-2-4-19-11/h2-7,17H,1H3,(H,16,18)/b15-7+. The van der Waals surface area contributed by atoms with Gasteiger partial charge in [-0.2, -0.15) is 5.10 Å². The van der Waals surface area contributed by atoms with Gasteiger partial charge in [0.15, 0.2) is 0 Å². The van der Waals surface area contributed by atoms with Crippen LogP contribution in [0.4, 0.5) is 0 Å². The van der Waals surface area contributed by atoms with E-state index in [-0.39, 0.29) is 16.7 Å². The average Bonchev–Trinajstić information content (AvgIpc) is 2.88. The highest BCUT2D eigenvalue weighted by molar-refractivity contribution is 7.12. The van der Waals surface area contributed by atoms with E-state index in [1.807, 2.05) is 12.3 Å². The van der Waals surface area contributed by atoms with Crippen LogP contribution in [0.25, 0.3) is 0 Å². The van der Waals surface area contributed by atoms with E-state index in [0.717, 1.165) is 5.56 Å². The number of nitrogens with zero attached hydrogens (tertiary/aromatic N) is 1. The van der Waals surface area contributed by atoms with Gasteiger partial charge in [0.25, 0.3) is 5.91 Å². The van der Waals surface area contributed by atoms with Crippen LogP contribution in [0.3, 0.4) is 0 Å². The van der Waals surface area contributed by atoms with Crippen molar-refractivity contribution in [1.29, 1.82) is 0 Å². The van der Waals surface area contributed by atoms with Crippen LogP contribution in [-0.4, -0.2) is 17.2 Å². The lowest BCUT2D eigenvalue weighted by atomic mass is 10.1. The molecule has 0 unspecified atom stereocenters. The molecule has 0 atom stereocenters. The zero-order valence-corrected chi connectivity index (χ0v) is 11.6. The number of carbonyl (C=O) groups is 1. The Hall–Kier alpha value is -1.85. The first-order valence-electron chi connectivity index (χ1n) is 5.44. The van der Waals surface area contributed by atoms with Gasteiger partial charge in [-0.15, -0.1) is 11.3 Å². The summed E-state index contributed by atoms with van der Waals surface area (Å²) in [5.41, 5.74) is 3.74. The molecule has 0 saturated heterocycles. The molecule has 0 bridgehead atoms. The van der Waals surface area contributed by atoms with Crippen LogP contribution in [0, 0.1) is 6.92 Å². The number of nitrogens with one attached hydrogen (secondary N) is 1. The molecule has 6 heteroatoms. The number of rotatable bonds is 3. The number of phenols is 1. The zero-order valence-electron chi connectivity index (χ0n) is 10.1. The second kappa shape index (κ2) is 5.86. The molecule has 19 heavy (non-hydrogen) atoms. The normalized spacial score (nSPS) is 10.8. The minimum Gasteiger partial charge on any atom is -0.506 e. The third-order valence-corrected chi connectivity index (χ3v) is 3.51. The molecule has 0 aliphatic carbocycles. The fourth-order valence-corrected chi connectivity index (χ4v) is 2.38. The number of hydrogen-bond donors (Lipinski definition) is 2. The number of aromatic hydroxyl groups is 1. The van der Waals surface area contributed by atoms with Crippen molar-refractivity contribution in [2.45, 2.75) is 6.92 Å². The fourth-order valence-electron chi connectivity index (χ4n) is 1.48. The predicted octanol–water partition coefficient (Wildman–Crippen LogP) is 3.18. The Balaban J connectivity index is 2.09. The van der Waals surface area contributed by atoms with Crippen LogP contribution in [0.15, 0.2) is 34.7 Å². The summed E-state index contributed by atoms with van der Waals surface area (Å²) in [6.07, 6.45) is 1.36. The summed E-state index contributed by atoms with van der Waals surface area (Å²) in [7, 11) is 0. The van der Waals surface area contributed by atoms with E-state index in [9.17, 15) is 9.90 Å². The van der Waals surface area contributed by atoms with Crippen molar-refractivity contribution in [1.82, 2.24) is 5.43 Å². The first-order chi connectivity index (χ1) is 9.08. The van der Waals surface area contributed by atoms with Gasteiger partial charge < -0.3 is 5.11 Å². The molecular weight excluding hydrogens is 284 g/mol. The van der Waals surface area contributed by atoms with Gasteiger partial charge in [-0.1, -0.05) is 17.7 Å². The largest absolute Gasteiger partial charge is 0.506 e. The van der Waals surface area contributed by atoms with Gasteiger partial charge in [0.05, 0.1) is 16.1 Å². The molecule has 0 aliphatic rings. The molecule has 2 N–H and O–H groups in total. The van der Waals surface area contributed by atoms with Crippen molar-refractivity contribution < 1.29 is 9.90 Å². The highest BCUT2D eigenvalue weighted by atomic mass is 35.5. The summed E-state index contributed by atoms with van der Waals surface area (Å²) < 4.78 is 0. The number of hydrogen-bond acceptors (Lipinski definition) is 4. The molecule has 4 nitrogen and oxygen atoms in total. The number of benzene rings is 1. The summed E-state index contributed by atoms with van der Waals surface area (Å²) in [6.45, 7) is 1.85. The second-order valence-corrected chi connectivity index (χ2v) is 5.22. The Morgan fingerprint density at radius 1 is 1.53 bits per heavy atom. The molecule has 1 amide bonds. The molecule has 0 spiro atoms. The van der Waals surface area contributed by atoms with Gasteiger partial charge in [-0.05, 0) is 36.1 Å². The zero-order chi connectivity index (χ0) is 13.8. The Kier molecular flexibility index (Phi) is 4.19. The van der Waals surface area contributed by atoms with Crippen LogP contribution in [0.5, 0.6) is 5.75 Å². The van der Waals surface area contributed by atoms with Crippen LogP contribution in [0.2, 0.25) is 5.02 Å². The molecule has 2 rings (SSSR count). The maximum atomic E-state index is 11.6. The van der Waals surface area contributed by atoms with Crippen LogP contribution in [0.1, 0.15) is 20.8 Å². The molecular formula is C13H11ClN2O2S. The monoisotopic (exact) mass is 294 g/mol. The molecule has 2 aromatic rings. The van der Waals surface area contributed by atoms with E-state index in [2.05, 4.69) is 10.5 Å². The number of halogens is 1. The van der Waals surface area contributed by atoms with Crippen molar-refractivity contribution in [2.75, 3.05) is 0 Å². The maximum absolute atomic E-state index is 11.6. The number of amides is 1. The van der Waals surface area contributed by atoms with E-state index in [1.165, 1.54) is 17.6 Å². The second-order valence-electron chi connectivity index (χ2n) is 3.86. The lowest BCUT2D eigenvalue weighted by Gasteiger charge is -2.03. The molecule has 1 heterocycles. The number of aryl methyl sites for hydroxylation is 1. The number of thiophene rings is 1. The molecule has 1 aromatic carbocycles. The predicted molar refractivity (Wildman–Crippen MR) is 77.2 cm³/mol. The quantitative estimate of drug-likeness (QED) is 0.674. The van der Waals surface area contributed by atoms with E-state index >= 15 is 0 Å². The Labute approximate surface area is 119 Å². The Bertz CT molecular complexity index is 624. The van der Waals surface area contributed by atoms with Gasteiger partial charge in [0.2, 0.25) is 0 Å². The SMILES string of the molecule is Cc1cc(Cl)c(O)c(/C=N/NC(=O)c2cccs2)c1. The van der Waals surface area contributed by atoms with Crippen LogP contribution in [-0.2, 0) is 0 Å². The summed E-state index contributed by atoms with van der Waals surface area (Å²) in [4.78, 5) is 12.2. The van der Waals surface area contributed by atoms with E-state index in [1.54, 1.807) is 24.3 Å². The van der Waals surface area contributed by atoms with Gasteiger partial charge in [0.1, 0.15) is 5.75 Å². The molecule has 0 aliphatic heterocycles. The lowest BCUT2D eigenvalue weighted by Crippen LogP contribution is -2.16. The van der Waals surface area contributed by atoms with E-state index in [0.29, 0.717) is 10.4 Å². The van der Waals surface area contributed by atoms with Gasteiger partial charge in [0, 0.05) is 5.56 Å². The minimum atomic E-state index is -0.288. The van der Waals surface area contributed by atoms with Crippen LogP contribution < -0.4 is 5.43 Å². The van der Waals surface area contributed by atoms with Gasteiger partial charge in [-0.25, -0.2) is 5.43 Å². The first kappa shape index (κ1) is 13.6. The minimum absolute atomic E-state index is 0.0543. The van der Waals surface area contributed by atoms with Gasteiger partial charge >= 0.3 is 0 Å². The smallest absolute Gasteiger partial charge is 0.281 e. The molecule has 0 radical (unpaired) electrons. The third-order valence-electron chi connectivity index (χ3n) is 2.35. The third kappa shape index (κ3) is 3.33. The van der Waals surface area contributed by atoms with Crippen molar-refractivity contribution in [3.8, 4) is 5.75 Å². The summed E-state index contributed by atoms with van der Waals surface area (Å²) in [6, 6.07) is 6.87. The lowest BCUT2D eigenvalue weighted by molar-refractivity contribution is 0.0959. The average molecular weight is 295 g/mol. The van der Waals surface area contributed by atoms with Crippen molar-refractivity contribution >= 4 is 35.1 Å². The Morgan fingerprint density at radius 2 is 2.32 bits per heavy atom. The maximum Gasteiger partial charge on any atom is 0.281 e. The summed E-state index contributed by atoms with van der Waals surface area (Å²) in [5.74, 6) is -0.342. The fraction of sp³-hybridized carbons (Fsp3) is 0.0769. The van der Waals surface area contributed by atoms with E-state index in [4.69, 9.17) is 11.6 Å². The molecule has 0 saturated carbocycles. The Morgan fingerprint density at radius 3 is 3.00 bits per heavy atom. The highest BCUT2D eigenvalue weighted by Gasteiger charge is 2.06. The van der Waals surface area contributed by atoms with Crippen molar-refractivity contribution in [3.63, 3.8) is 0 Å². The summed E-state index contributed by atoms with van der Waals surface area (Å²) in [5, 5.41) is 15.6. The summed E-state index contributed by atoms with van der Waals surface area (Å²) >= 11 is 7.17. The molecule has 0 fully saturated rings.